The highest BCUT2D eigenvalue weighted by atomic mass is 19.3. The minimum absolute atomic E-state index is 0.161. The van der Waals surface area contributed by atoms with Crippen molar-refractivity contribution < 1.29 is 18.0 Å². The van der Waals surface area contributed by atoms with Crippen LogP contribution in [0.3, 0.4) is 0 Å². The van der Waals surface area contributed by atoms with Gasteiger partial charge in [0.05, 0.1) is 11.3 Å². The molecule has 0 aliphatic rings. The van der Waals surface area contributed by atoms with Crippen molar-refractivity contribution >= 4 is 12.0 Å². The summed E-state index contributed by atoms with van der Waals surface area (Å²) in [4.78, 5) is 13.3. The Morgan fingerprint density at radius 2 is 2.15 bits per heavy atom. The topological polar surface area (TPSA) is 56.0 Å². The number of halogens is 3. The molecule has 0 radical (unpaired) electrons. The first kappa shape index (κ1) is 9.50. The highest BCUT2D eigenvalue weighted by Crippen LogP contribution is 2.25. The molecule has 70 valence electrons. The summed E-state index contributed by atoms with van der Waals surface area (Å²) in [5.74, 6) is -1.15. The fourth-order valence-electron chi connectivity index (χ4n) is 0.789. The van der Waals surface area contributed by atoms with Crippen LogP contribution in [0.5, 0.6) is 0 Å². The van der Waals surface area contributed by atoms with Gasteiger partial charge in [-0.1, -0.05) is 0 Å². The highest BCUT2D eigenvalue weighted by molar-refractivity contribution is 5.77. The monoisotopic (exact) mass is 190 g/mol. The van der Waals surface area contributed by atoms with Crippen LogP contribution in [0.2, 0.25) is 0 Å². The Balaban J connectivity index is 3.31. The van der Waals surface area contributed by atoms with E-state index in [1.807, 2.05) is 0 Å². The second-order valence-corrected chi connectivity index (χ2v) is 2.24. The second-order valence-electron chi connectivity index (χ2n) is 2.24. The first-order valence-electron chi connectivity index (χ1n) is 3.25. The Labute approximate surface area is 71.4 Å². The number of rotatable bonds is 2. The summed E-state index contributed by atoms with van der Waals surface area (Å²) in [6.45, 7) is 0. The van der Waals surface area contributed by atoms with E-state index in [1.54, 1.807) is 0 Å². The van der Waals surface area contributed by atoms with Crippen LogP contribution in [0.4, 0.5) is 18.9 Å². The molecule has 3 nitrogen and oxygen atoms in total. The Hall–Kier alpha value is -1.59. The van der Waals surface area contributed by atoms with Crippen LogP contribution in [-0.4, -0.2) is 11.3 Å². The van der Waals surface area contributed by atoms with Crippen molar-refractivity contribution in [1.82, 2.24) is 4.98 Å². The number of nitrogens with two attached hydrogens (primary N) is 1. The zero-order valence-electron chi connectivity index (χ0n) is 6.30. The summed E-state index contributed by atoms with van der Waals surface area (Å²) >= 11 is 0. The van der Waals surface area contributed by atoms with Crippen LogP contribution in [0, 0.1) is 5.82 Å². The molecule has 0 amide bonds. The molecule has 0 aromatic carbocycles. The number of carbonyl (C=O) groups is 1. The maximum absolute atomic E-state index is 12.9. The molecule has 0 saturated heterocycles. The van der Waals surface area contributed by atoms with Gasteiger partial charge in [-0.2, -0.15) is 0 Å². The van der Waals surface area contributed by atoms with Crippen LogP contribution in [0.1, 0.15) is 22.5 Å². The molecule has 1 heterocycles. The van der Waals surface area contributed by atoms with Crippen LogP contribution < -0.4 is 5.73 Å². The molecule has 0 fully saturated rings. The molecule has 0 spiro atoms. The van der Waals surface area contributed by atoms with Crippen LogP contribution in [0.25, 0.3) is 0 Å². The third-order valence-corrected chi connectivity index (χ3v) is 1.44. The predicted molar refractivity (Wildman–Crippen MR) is 39.0 cm³/mol. The quantitative estimate of drug-likeness (QED) is 0.720. The molecule has 1 aromatic rings. The van der Waals surface area contributed by atoms with Crippen molar-refractivity contribution in [2.75, 3.05) is 5.73 Å². The van der Waals surface area contributed by atoms with Gasteiger partial charge < -0.3 is 5.73 Å². The number of pyridine rings is 1. The Kier molecular flexibility index (Phi) is 2.50. The number of hydrogen-bond acceptors (Lipinski definition) is 3. The Morgan fingerprint density at radius 3 is 2.62 bits per heavy atom. The average Bonchev–Trinajstić information content (AvgIpc) is 2.09. The normalized spacial score (nSPS) is 10.5. The van der Waals surface area contributed by atoms with Crippen LogP contribution in [0.15, 0.2) is 6.20 Å². The fourth-order valence-corrected chi connectivity index (χ4v) is 0.789. The van der Waals surface area contributed by atoms with E-state index >= 15 is 0 Å². The SMILES string of the molecule is Nc1c(C(F)F)ncc(C=O)c1F. The number of aldehydes is 1. The van der Waals surface area contributed by atoms with Gasteiger partial charge in [-0.05, 0) is 0 Å². The minimum atomic E-state index is -2.95. The lowest BCUT2D eigenvalue weighted by molar-refractivity contribution is 0.111. The lowest BCUT2D eigenvalue weighted by Gasteiger charge is -2.04. The van der Waals surface area contributed by atoms with E-state index in [2.05, 4.69) is 4.98 Å². The first-order chi connectivity index (χ1) is 6.07. The van der Waals surface area contributed by atoms with Gasteiger partial charge in [0.2, 0.25) is 0 Å². The molecule has 0 saturated carbocycles. The van der Waals surface area contributed by atoms with E-state index in [1.165, 1.54) is 0 Å². The molecular weight excluding hydrogens is 185 g/mol. The van der Waals surface area contributed by atoms with E-state index in [0.29, 0.717) is 0 Å². The van der Waals surface area contributed by atoms with Crippen molar-refractivity contribution in [3.63, 3.8) is 0 Å². The minimum Gasteiger partial charge on any atom is -0.395 e. The lowest BCUT2D eigenvalue weighted by atomic mass is 10.2. The standard InChI is InChI=1S/C7H5F3N2O/c8-4-3(2-13)1-12-6(5(4)11)7(9)10/h1-2,7H,11H2. The van der Waals surface area contributed by atoms with E-state index < -0.39 is 29.2 Å². The number of alkyl halides is 2. The van der Waals surface area contributed by atoms with Crippen molar-refractivity contribution in [1.29, 1.82) is 0 Å². The number of anilines is 1. The number of hydrogen-bond donors (Lipinski definition) is 1. The summed E-state index contributed by atoms with van der Waals surface area (Å²) in [6.07, 6.45) is -2.07. The maximum Gasteiger partial charge on any atom is 0.282 e. The Bertz CT molecular complexity index is 341. The molecular formula is C7H5F3N2O. The van der Waals surface area contributed by atoms with Gasteiger partial charge in [-0.15, -0.1) is 0 Å². The summed E-state index contributed by atoms with van der Waals surface area (Å²) in [6, 6.07) is 0. The second kappa shape index (κ2) is 3.42. The average molecular weight is 190 g/mol. The third kappa shape index (κ3) is 1.61. The van der Waals surface area contributed by atoms with Crippen LogP contribution >= 0.6 is 0 Å². The van der Waals surface area contributed by atoms with Gasteiger partial charge in [-0.3, -0.25) is 9.78 Å². The Morgan fingerprint density at radius 1 is 1.54 bits per heavy atom. The molecule has 0 atom stereocenters. The van der Waals surface area contributed by atoms with Gasteiger partial charge in [0.1, 0.15) is 5.69 Å². The molecule has 0 bridgehead atoms. The lowest BCUT2D eigenvalue weighted by Crippen LogP contribution is -2.04. The summed E-state index contributed by atoms with van der Waals surface area (Å²) < 4.78 is 37.0. The first-order valence-corrected chi connectivity index (χ1v) is 3.25. The summed E-state index contributed by atoms with van der Waals surface area (Å²) in [5, 5.41) is 0. The van der Waals surface area contributed by atoms with E-state index in [4.69, 9.17) is 5.73 Å². The zero-order valence-corrected chi connectivity index (χ0v) is 6.30. The molecule has 13 heavy (non-hydrogen) atoms. The van der Waals surface area contributed by atoms with Crippen molar-refractivity contribution in [3.8, 4) is 0 Å². The van der Waals surface area contributed by atoms with E-state index in [0.717, 1.165) is 6.20 Å². The van der Waals surface area contributed by atoms with Crippen molar-refractivity contribution in [3.05, 3.63) is 23.3 Å². The fraction of sp³-hybridized carbons (Fsp3) is 0.143. The molecule has 2 N–H and O–H groups in total. The van der Waals surface area contributed by atoms with Crippen molar-refractivity contribution in [2.45, 2.75) is 6.43 Å². The van der Waals surface area contributed by atoms with Gasteiger partial charge in [-0.25, -0.2) is 13.2 Å². The van der Waals surface area contributed by atoms with Gasteiger partial charge >= 0.3 is 0 Å². The maximum atomic E-state index is 12.9. The molecule has 6 heteroatoms. The molecule has 0 aliphatic heterocycles. The van der Waals surface area contributed by atoms with Gasteiger partial charge in [0.15, 0.2) is 12.1 Å². The molecule has 0 aliphatic carbocycles. The van der Waals surface area contributed by atoms with Crippen molar-refractivity contribution in [2.24, 2.45) is 0 Å². The highest BCUT2D eigenvalue weighted by Gasteiger charge is 2.18. The van der Waals surface area contributed by atoms with Gasteiger partial charge in [0.25, 0.3) is 6.43 Å². The summed E-state index contributed by atoms with van der Waals surface area (Å²) in [7, 11) is 0. The summed E-state index contributed by atoms with van der Waals surface area (Å²) in [5.41, 5.74) is 2.93. The molecule has 0 unspecified atom stereocenters. The van der Waals surface area contributed by atoms with Gasteiger partial charge in [0, 0.05) is 6.20 Å². The third-order valence-electron chi connectivity index (χ3n) is 1.44. The number of nitrogens with zero attached hydrogens (tertiary/aromatic N) is 1. The number of aromatic nitrogens is 1. The largest absolute Gasteiger partial charge is 0.395 e. The number of carbonyl (C=O) groups excluding carboxylic acids is 1. The van der Waals surface area contributed by atoms with Crippen LogP contribution in [-0.2, 0) is 0 Å². The van der Waals surface area contributed by atoms with E-state index in [-0.39, 0.29) is 6.29 Å². The smallest absolute Gasteiger partial charge is 0.282 e. The molecule has 1 rings (SSSR count). The molecule has 1 aromatic heterocycles. The number of nitrogen functional groups attached to an aromatic ring is 1. The van der Waals surface area contributed by atoms with E-state index in [9.17, 15) is 18.0 Å². The zero-order chi connectivity index (χ0) is 10.0. The predicted octanol–water partition coefficient (Wildman–Crippen LogP) is 1.55.